The van der Waals surface area contributed by atoms with Gasteiger partial charge in [-0.15, -0.1) is 0 Å². The Morgan fingerprint density at radius 2 is 2.11 bits per heavy atom. The molecule has 1 heterocycles. The Morgan fingerprint density at radius 1 is 1.42 bits per heavy atom. The summed E-state index contributed by atoms with van der Waals surface area (Å²) >= 11 is 10.8. The molecule has 1 saturated heterocycles. The third kappa shape index (κ3) is 8.23. The summed E-state index contributed by atoms with van der Waals surface area (Å²) < 4.78 is 5.29. The van der Waals surface area contributed by atoms with Gasteiger partial charge in [0.05, 0.1) is 19.3 Å². The van der Waals surface area contributed by atoms with Crippen molar-refractivity contribution in [3.05, 3.63) is 22.7 Å². The number of ether oxygens (including phenoxy) is 1. The number of nitrogens with one attached hydrogen (secondary N) is 1. The summed E-state index contributed by atoms with van der Waals surface area (Å²) in [6, 6.07) is 0. The molecule has 7 heteroatoms. The molecule has 0 radical (unpaired) electrons. The van der Waals surface area contributed by atoms with Gasteiger partial charge < -0.3 is 15.2 Å². The van der Waals surface area contributed by atoms with Gasteiger partial charge in [0.15, 0.2) is 0 Å². The zero-order chi connectivity index (χ0) is 14.1. The van der Waals surface area contributed by atoms with Crippen molar-refractivity contribution < 1.29 is 14.6 Å². The van der Waals surface area contributed by atoms with E-state index in [9.17, 15) is 9.90 Å². The van der Waals surface area contributed by atoms with Crippen LogP contribution in [0.3, 0.4) is 0 Å². The van der Waals surface area contributed by atoms with Gasteiger partial charge in [-0.05, 0) is 6.08 Å². The molecule has 2 N–H and O–H groups in total. The minimum Gasteiger partial charge on any atom is -0.390 e. The van der Waals surface area contributed by atoms with Crippen molar-refractivity contribution in [2.75, 3.05) is 39.4 Å². The first-order valence-corrected chi connectivity index (χ1v) is 6.79. The zero-order valence-electron chi connectivity index (χ0n) is 10.5. The van der Waals surface area contributed by atoms with E-state index in [0.29, 0.717) is 19.8 Å². The Bertz CT molecular complexity index is 338. The van der Waals surface area contributed by atoms with Crippen molar-refractivity contribution in [2.24, 2.45) is 0 Å². The topological polar surface area (TPSA) is 61.8 Å². The van der Waals surface area contributed by atoms with Crippen molar-refractivity contribution in [1.82, 2.24) is 10.2 Å². The lowest BCUT2D eigenvalue weighted by Crippen LogP contribution is -2.44. The van der Waals surface area contributed by atoms with Crippen LogP contribution in [0, 0.1) is 0 Å². The standard InChI is InChI=1S/C12H18Cl2N2O3/c13-11(14)2-1-3-12(18)15-8-10(17)9-16-4-6-19-7-5-16/h1-3,10,17H,4-9H2,(H,15,18). The van der Waals surface area contributed by atoms with Crippen molar-refractivity contribution in [1.29, 1.82) is 0 Å². The van der Waals surface area contributed by atoms with Crippen LogP contribution in [0.4, 0.5) is 0 Å². The van der Waals surface area contributed by atoms with E-state index < -0.39 is 6.10 Å². The summed E-state index contributed by atoms with van der Waals surface area (Å²) in [5, 5.41) is 12.4. The van der Waals surface area contributed by atoms with Crippen LogP contribution in [0.25, 0.3) is 0 Å². The van der Waals surface area contributed by atoms with Gasteiger partial charge >= 0.3 is 0 Å². The second-order valence-electron chi connectivity index (χ2n) is 4.13. The molecular formula is C12H18Cl2N2O3. The number of carbonyl (C=O) groups excluding carboxylic acids is 1. The quantitative estimate of drug-likeness (QED) is 0.559. The van der Waals surface area contributed by atoms with E-state index in [2.05, 4.69) is 10.2 Å². The second kappa shape index (κ2) is 9.34. The first kappa shape index (κ1) is 16.5. The predicted octanol–water partition coefficient (Wildman–Crippen LogP) is 0.671. The number of hydrogen-bond acceptors (Lipinski definition) is 4. The molecule has 0 saturated carbocycles. The fourth-order valence-corrected chi connectivity index (χ4v) is 1.78. The summed E-state index contributed by atoms with van der Waals surface area (Å²) in [5.41, 5.74) is 0. The molecule has 0 aromatic heterocycles. The number of carbonyl (C=O) groups is 1. The van der Waals surface area contributed by atoms with Gasteiger partial charge in [-0.3, -0.25) is 9.69 Å². The Kier molecular flexibility index (Phi) is 8.09. The number of aliphatic hydroxyl groups is 1. The van der Waals surface area contributed by atoms with E-state index >= 15 is 0 Å². The summed E-state index contributed by atoms with van der Waals surface area (Å²) in [7, 11) is 0. The number of aliphatic hydroxyl groups excluding tert-OH is 1. The van der Waals surface area contributed by atoms with Crippen molar-refractivity contribution in [3.8, 4) is 0 Å². The van der Waals surface area contributed by atoms with Gasteiger partial charge in [-0.25, -0.2) is 0 Å². The van der Waals surface area contributed by atoms with E-state index in [1.807, 2.05) is 0 Å². The summed E-state index contributed by atoms with van der Waals surface area (Å²) in [4.78, 5) is 13.5. The molecule has 108 valence electrons. The highest BCUT2D eigenvalue weighted by Crippen LogP contribution is 2.05. The van der Waals surface area contributed by atoms with Crippen molar-refractivity contribution in [3.63, 3.8) is 0 Å². The molecular weight excluding hydrogens is 291 g/mol. The van der Waals surface area contributed by atoms with Gasteiger partial charge in [0.1, 0.15) is 4.49 Å². The molecule has 0 bridgehead atoms. The van der Waals surface area contributed by atoms with Crippen LogP contribution >= 0.6 is 23.2 Å². The largest absolute Gasteiger partial charge is 0.390 e. The minimum atomic E-state index is -0.595. The highest BCUT2D eigenvalue weighted by molar-refractivity contribution is 6.56. The predicted molar refractivity (Wildman–Crippen MR) is 75.2 cm³/mol. The number of morpholine rings is 1. The molecule has 1 amide bonds. The second-order valence-corrected chi connectivity index (χ2v) is 5.14. The van der Waals surface area contributed by atoms with Crippen LogP contribution < -0.4 is 5.32 Å². The van der Waals surface area contributed by atoms with Crippen LogP contribution in [-0.4, -0.2) is 61.4 Å². The lowest BCUT2D eigenvalue weighted by molar-refractivity contribution is -0.117. The molecule has 0 aromatic carbocycles. The van der Waals surface area contributed by atoms with E-state index in [1.165, 1.54) is 18.2 Å². The lowest BCUT2D eigenvalue weighted by Gasteiger charge is -2.28. The molecule has 1 aliphatic heterocycles. The number of nitrogens with zero attached hydrogens (tertiary/aromatic N) is 1. The molecule has 0 aliphatic carbocycles. The van der Waals surface area contributed by atoms with E-state index in [4.69, 9.17) is 27.9 Å². The highest BCUT2D eigenvalue weighted by Gasteiger charge is 2.14. The zero-order valence-corrected chi connectivity index (χ0v) is 12.0. The van der Waals surface area contributed by atoms with Crippen LogP contribution in [0.1, 0.15) is 0 Å². The minimum absolute atomic E-state index is 0.0800. The van der Waals surface area contributed by atoms with Crippen LogP contribution in [0.15, 0.2) is 22.7 Å². The third-order valence-electron chi connectivity index (χ3n) is 2.55. The number of allylic oxidation sites excluding steroid dienone is 2. The average molecular weight is 309 g/mol. The normalized spacial score (nSPS) is 18.3. The molecule has 1 atom stereocenters. The summed E-state index contributed by atoms with van der Waals surface area (Å²) in [6.45, 7) is 3.73. The van der Waals surface area contributed by atoms with Crippen molar-refractivity contribution in [2.45, 2.75) is 6.10 Å². The first-order chi connectivity index (χ1) is 9.08. The summed E-state index contributed by atoms with van der Waals surface area (Å²) in [5.74, 6) is -0.299. The Balaban J connectivity index is 2.18. The lowest BCUT2D eigenvalue weighted by atomic mass is 10.3. The van der Waals surface area contributed by atoms with Gasteiger partial charge in [-0.2, -0.15) is 0 Å². The smallest absolute Gasteiger partial charge is 0.244 e. The molecule has 1 fully saturated rings. The Morgan fingerprint density at radius 3 is 2.74 bits per heavy atom. The van der Waals surface area contributed by atoms with Gasteiger partial charge in [0, 0.05) is 32.3 Å². The van der Waals surface area contributed by atoms with Crippen LogP contribution in [0.5, 0.6) is 0 Å². The SMILES string of the molecule is O=C(C=CC=C(Cl)Cl)NCC(O)CN1CCOCC1. The number of halogens is 2. The Hall–Kier alpha value is -0.590. The van der Waals surface area contributed by atoms with Gasteiger partial charge in [0.25, 0.3) is 0 Å². The molecule has 1 rings (SSSR count). The van der Waals surface area contributed by atoms with E-state index in [-0.39, 0.29) is 16.9 Å². The van der Waals surface area contributed by atoms with Crippen LogP contribution in [0.2, 0.25) is 0 Å². The molecule has 19 heavy (non-hydrogen) atoms. The van der Waals surface area contributed by atoms with E-state index in [0.717, 1.165) is 13.1 Å². The molecule has 1 aliphatic rings. The fourth-order valence-electron chi connectivity index (χ4n) is 1.63. The number of amides is 1. The van der Waals surface area contributed by atoms with Gasteiger partial charge in [-0.1, -0.05) is 29.3 Å². The average Bonchev–Trinajstić information content (AvgIpc) is 2.37. The van der Waals surface area contributed by atoms with Crippen molar-refractivity contribution >= 4 is 29.1 Å². The number of rotatable bonds is 6. The molecule has 0 spiro atoms. The highest BCUT2D eigenvalue weighted by atomic mass is 35.5. The maximum atomic E-state index is 11.4. The maximum Gasteiger partial charge on any atom is 0.244 e. The Labute approximate surface area is 122 Å². The monoisotopic (exact) mass is 308 g/mol. The molecule has 5 nitrogen and oxygen atoms in total. The van der Waals surface area contributed by atoms with Gasteiger partial charge in [0.2, 0.25) is 5.91 Å². The first-order valence-electron chi connectivity index (χ1n) is 6.03. The molecule has 0 aromatic rings. The summed E-state index contributed by atoms with van der Waals surface area (Å²) in [6.07, 6.45) is 3.54. The number of β-amino-alcohol motifs (C(OH)–C–C–N with tert-alkyl or cyclic N) is 1. The van der Waals surface area contributed by atoms with Crippen LogP contribution in [-0.2, 0) is 9.53 Å². The molecule has 1 unspecified atom stereocenters. The number of hydrogen-bond donors (Lipinski definition) is 2. The fraction of sp³-hybridized carbons (Fsp3) is 0.583. The maximum absolute atomic E-state index is 11.4. The third-order valence-corrected chi connectivity index (χ3v) is 2.81. The van der Waals surface area contributed by atoms with E-state index in [1.54, 1.807) is 0 Å².